The first-order valence-electron chi connectivity index (χ1n) is 7.82. The third-order valence-electron chi connectivity index (χ3n) is 3.86. The number of hydrogen-bond donors (Lipinski definition) is 1. The van der Waals surface area contributed by atoms with Gasteiger partial charge in [-0.3, -0.25) is 4.68 Å². The second-order valence-corrected chi connectivity index (χ2v) is 5.54. The lowest BCUT2D eigenvalue weighted by Gasteiger charge is -2.22. The number of benzene rings is 1. The van der Waals surface area contributed by atoms with Crippen molar-refractivity contribution in [3.63, 3.8) is 0 Å². The number of ether oxygens (including phenoxy) is 2. The first-order valence-corrected chi connectivity index (χ1v) is 7.82. The van der Waals surface area contributed by atoms with Crippen LogP contribution in [0.3, 0.4) is 0 Å². The minimum atomic E-state index is -0.922. The summed E-state index contributed by atoms with van der Waals surface area (Å²) in [5.41, 5.74) is 2.18. The summed E-state index contributed by atoms with van der Waals surface area (Å²) in [6, 6.07) is 6.77. The SMILES string of the molecule is O=C(O)c1ccc(-c2cnn(CCOC3CCCCO3)c2)cc1. The zero-order valence-corrected chi connectivity index (χ0v) is 12.9. The van der Waals surface area contributed by atoms with Crippen molar-refractivity contribution in [1.29, 1.82) is 0 Å². The quantitative estimate of drug-likeness (QED) is 0.887. The predicted octanol–water partition coefficient (Wildman–Crippen LogP) is 2.79. The molecule has 6 heteroatoms. The molecule has 1 saturated heterocycles. The van der Waals surface area contributed by atoms with Crippen molar-refractivity contribution in [1.82, 2.24) is 9.78 Å². The van der Waals surface area contributed by atoms with Crippen LogP contribution in [-0.2, 0) is 16.0 Å². The highest BCUT2D eigenvalue weighted by atomic mass is 16.7. The van der Waals surface area contributed by atoms with Gasteiger partial charge in [0.15, 0.2) is 6.29 Å². The largest absolute Gasteiger partial charge is 0.478 e. The molecule has 2 aromatic rings. The summed E-state index contributed by atoms with van der Waals surface area (Å²) in [5, 5.41) is 13.2. The van der Waals surface area contributed by atoms with Gasteiger partial charge in [0.25, 0.3) is 0 Å². The topological polar surface area (TPSA) is 73.6 Å². The minimum absolute atomic E-state index is 0.0812. The van der Waals surface area contributed by atoms with Gasteiger partial charge in [0.1, 0.15) is 0 Å². The molecule has 0 amide bonds. The molecule has 1 atom stereocenters. The van der Waals surface area contributed by atoms with Crippen molar-refractivity contribution in [3.8, 4) is 11.1 Å². The van der Waals surface area contributed by atoms with Crippen LogP contribution in [0.2, 0.25) is 0 Å². The van der Waals surface area contributed by atoms with Crippen LogP contribution in [-0.4, -0.2) is 40.4 Å². The fourth-order valence-corrected chi connectivity index (χ4v) is 2.56. The Labute approximate surface area is 134 Å². The normalized spacial score (nSPS) is 18.0. The Morgan fingerprint density at radius 3 is 2.83 bits per heavy atom. The summed E-state index contributed by atoms with van der Waals surface area (Å²) in [4.78, 5) is 10.9. The molecular weight excluding hydrogens is 296 g/mol. The maximum Gasteiger partial charge on any atom is 0.335 e. The fraction of sp³-hybridized carbons (Fsp3) is 0.412. The Kier molecular flexibility index (Phi) is 5.05. The van der Waals surface area contributed by atoms with Crippen molar-refractivity contribution in [3.05, 3.63) is 42.2 Å². The first-order chi connectivity index (χ1) is 11.2. The van der Waals surface area contributed by atoms with Gasteiger partial charge in [-0.2, -0.15) is 5.10 Å². The molecule has 1 aromatic carbocycles. The smallest absolute Gasteiger partial charge is 0.335 e. The molecule has 0 aliphatic carbocycles. The van der Waals surface area contributed by atoms with Crippen molar-refractivity contribution < 1.29 is 19.4 Å². The molecule has 1 N–H and O–H groups in total. The lowest BCUT2D eigenvalue weighted by molar-refractivity contribution is -0.163. The lowest BCUT2D eigenvalue weighted by Crippen LogP contribution is -2.24. The third-order valence-corrected chi connectivity index (χ3v) is 3.86. The van der Waals surface area contributed by atoms with Crippen molar-refractivity contribution in [2.24, 2.45) is 0 Å². The van der Waals surface area contributed by atoms with Gasteiger partial charge in [0, 0.05) is 18.4 Å². The van der Waals surface area contributed by atoms with E-state index >= 15 is 0 Å². The van der Waals surface area contributed by atoms with Crippen LogP contribution < -0.4 is 0 Å². The minimum Gasteiger partial charge on any atom is -0.478 e. The molecule has 6 nitrogen and oxygen atoms in total. The summed E-state index contributed by atoms with van der Waals surface area (Å²) >= 11 is 0. The molecule has 1 aromatic heterocycles. The average Bonchev–Trinajstić information content (AvgIpc) is 3.05. The van der Waals surface area contributed by atoms with Crippen LogP contribution in [0.4, 0.5) is 0 Å². The number of nitrogens with zero attached hydrogens (tertiary/aromatic N) is 2. The van der Waals surface area contributed by atoms with E-state index in [1.54, 1.807) is 30.5 Å². The average molecular weight is 316 g/mol. The van der Waals surface area contributed by atoms with Gasteiger partial charge in [-0.15, -0.1) is 0 Å². The highest BCUT2D eigenvalue weighted by molar-refractivity contribution is 5.88. The molecule has 1 aliphatic heterocycles. The molecule has 0 saturated carbocycles. The van der Waals surface area contributed by atoms with Crippen LogP contribution in [0.1, 0.15) is 29.6 Å². The Hall–Kier alpha value is -2.18. The van der Waals surface area contributed by atoms with Crippen LogP contribution in [0.25, 0.3) is 11.1 Å². The summed E-state index contributed by atoms with van der Waals surface area (Å²) in [6.45, 7) is 2.00. The maximum absolute atomic E-state index is 10.9. The number of hydrogen-bond acceptors (Lipinski definition) is 4. The van der Waals surface area contributed by atoms with Gasteiger partial charge in [0.05, 0.1) is 24.9 Å². The van der Waals surface area contributed by atoms with E-state index in [-0.39, 0.29) is 11.9 Å². The molecule has 1 fully saturated rings. The summed E-state index contributed by atoms with van der Waals surface area (Å²) in [7, 11) is 0. The van der Waals surface area contributed by atoms with Gasteiger partial charge in [-0.1, -0.05) is 12.1 Å². The molecular formula is C17H20N2O4. The van der Waals surface area contributed by atoms with Crippen LogP contribution in [0, 0.1) is 0 Å². The first kappa shape index (κ1) is 15.7. The molecule has 0 radical (unpaired) electrons. The number of aromatic carboxylic acids is 1. The predicted molar refractivity (Wildman–Crippen MR) is 84.2 cm³/mol. The highest BCUT2D eigenvalue weighted by Gasteiger charge is 2.13. The van der Waals surface area contributed by atoms with Crippen molar-refractivity contribution in [2.45, 2.75) is 32.1 Å². The van der Waals surface area contributed by atoms with Crippen LogP contribution >= 0.6 is 0 Å². The summed E-state index contributed by atoms with van der Waals surface area (Å²) in [5.74, 6) is -0.922. The Balaban J connectivity index is 1.54. The van der Waals surface area contributed by atoms with E-state index in [9.17, 15) is 4.79 Å². The number of aromatic nitrogens is 2. The molecule has 1 unspecified atom stereocenters. The van der Waals surface area contributed by atoms with Crippen LogP contribution in [0.5, 0.6) is 0 Å². The molecule has 2 heterocycles. The number of carboxylic acid groups (broad SMARTS) is 1. The van der Waals surface area contributed by atoms with Crippen molar-refractivity contribution >= 4 is 5.97 Å². The van der Waals surface area contributed by atoms with E-state index in [4.69, 9.17) is 14.6 Å². The monoisotopic (exact) mass is 316 g/mol. The molecule has 0 bridgehead atoms. The number of rotatable bonds is 6. The second-order valence-electron chi connectivity index (χ2n) is 5.54. The van der Waals surface area contributed by atoms with E-state index < -0.39 is 5.97 Å². The van der Waals surface area contributed by atoms with Gasteiger partial charge in [-0.05, 0) is 37.0 Å². The molecule has 0 spiro atoms. The maximum atomic E-state index is 10.9. The van der Waals surface area contributed by atoms with Crippen molar-refractivity contribution in [2.75, 3.05) is 13.2 Å². The zero-order chi connectivity index (χ0) is 16.1. The summed E-state index contributed by atoms with van der Waals surface area (Å²) in [6.07, 6.45) is 6.85. The van der Waals surface area contributed by atoms with Crippen LogP contribution in [0.15, 0.2) is 36.7 Å². The standard InChI is InChI=1S/C17H20N2O4/c20-17(21)14-6-4-13(5-7-14)15-11-18-19(12-15)8-10-23-16-3-1-2-9-22-16/h4-7,11-12,16H,1-3,8-10H2,(H,20,21). The van der Waals surface area contributed by atoms with Gasteiger partial charge >= 0.3 is 5.97 Å². The van der Waals surface area contributed by atoms with E-state index in [0.29, 0.717) is 13.2 Å². The van der Waals surface area contributed by atoms with Gasteiger partial charge < -0.3 is 14.6 Å². The van der Waals surface area contributed by atoms with E-state index in [1.165, 1.54) is 0 Å². The number of carboxylic acids is 1. The zero-order valence-electron chi connectivity index (χ0n) is 12.9. The van der Waals surface area contributed by atoms with E-state index in [0.717, 1.165) is 37.0 Å². The molecule has 23 heavy (non-hydrogen) atoms. The number of carbonyl (C=O) groups is 1. The Morgan fingerprint density at radius 1 is 1.30 bits per heavy atom. The van der Waals surface area contributed by atoms with E-state index in [1.807, 2.05) is 10.9 Å². The van der Waals surface area contributed by atoms with Gasteiger partial charge in [-0.25, -0.2) is 4.79 Å². The van der Waals surface area contributed by atoms with E-state index in [2.05, 4.69) is 5.10 Å². The highest BCUT2D eigenvalue weighted by Crippen LogP contribution is 2.19. The van der Waals surface area contributed by atoms with Gasteiger partial charge in [0.2, 0.25) is 0 Å². The Bertz CT molecular complexity index is 645. The molecule has 1 aliphatic rings. The Morgan fingerprint density at radius 2 is 2.13 bits per heavy atom. The third kappa shape index (κ3) is 4.18. The lowest BCUT2D eigenvalue weighted by atomic mass is 10.1. The second kappa shape index (κ2) is 7.39. The summed E-state index contributed by atoms with van der Waals surface area (Å²) < 4.78 is 13.0. The molecule has 3 rings (SSSR count). The molecule has 122 valence electrons. The fourth-order valence-electron chi connectivity index (χ4n) is 2.56.